The number of benzene rings is 1. The van der Waals surface area contributed by atoms with Crippen LogP contribution in [0, 0.1) is 5.82 Å². The molecule has 0 spiro atoms. The molecule has 0 fully saturated rings. The highest BCUT2D eigenvalue weighted by Crippen LogP contribution is 2.23. The number of rotatable bonds is 3. The van der Waals surface area contributed by atoms with Gasteiger partial charge in [0.1, 0.15) is 5.82 Å². The molecular weight excluding hydrogens is 207 g/mol. The second kappa shape index (κ2) is 4.45. The van der Waals surface area contributed by atoms with Crippen LogP contribution < -0.4 is 5.73 Å². The molecule has 3 nitrogen and oxygen atoms in total. The van der Waals surface area contributed by atoms with Crippen molar-refractivity contribution >= 4 is 16.6 Å². The van der Waals surface area contributed by atoms with Crippen LogP contribution in [0.25, 0.3) is 10.9 Å². The molecule has 0 aliphatic heterocycles. The second-order valence-corrected chi connectivity index (χ2v) is 3.60. The first-order chi connectivity index (χ1) is 7.72. The molecular formula is C12H13FN2O. The molecule has 2 N–H and O–H groups in total. The van der Waals surface area contributed by atoms with Crippen LogP contribution in [0.4, 0.5) is 10.1 Å². The van der Waals surface area contributed by atoms with Crippen LogP contribution in [0.15, 0.2) is 24.4 Å². The van der Waals surface area contributed by atoms with Gasteiger partial charge in [0.25, 0.3) is 0 Å². The number of nitrogen functional groups attached to an aromatic ring is 1. The maximum atomic E-state index is 13.2. The zero-order chi connectivity index (χ0) is 11.5. The van der Waals surface area contributed by atoms with Crippen molar-refractivity contribution in [2.75, 3.05) is 19.5 Å². The summed E-state index contributed by atoms with van der Waals surface area (Å²) in [6, 6.07) is 4.51. The van der Waals surface area contributed by atoms with Crippen molar-refractivity contribution in [3.63, 3.8) is 0 Å². The summed E-state index contributed by atoms with van der Waals surface area (Å²) >= 11 is 0. The summed E-state index contributed by atoms with van der Waals surface area (Å²) in [4.78, 5) is 4.16. The van der Waals surface area contributed by atoms with Crippen molar-refractivity contribution in [2.45, 2.75) is 6.42 Å². The van der Waals surface area contributed by atoms with Gasteiger partial charge in [0.15, 0.2) is 0 Å². The molecule has 0 saturated carbocycles. The maximum absolute atomic E-state index is 13.2. The molecule has 1 aromatic heterocycles. The molecule has 0 radical (unpaired) electrons. The van der Waals surface area contributed by atoms with Gasteiger partial charge in [-0.25, -0.2) is 4.39 Å². The van der Waals surface area contributed by atoms with E-state index in [1.807, 2.05) is 0 Å². The number of anilines is 1. The number of hydrogen-bond donors (Lipinski definition) is 1. The lowest BCUT2D eigenvalue weighted by Gasteiger charge is -2.08. The normalized spacial score (nSPS) is 10.9. The number of halogens is 1. The van der Waals surface area contributed by atoms with Crippen molar-refractivity contribution in [3.05, 3.63) is 35.8 Å². The van der Waals surface area contributed by atoms with E-state index in [2.05, 4.69) is 4.98 Å². The zero-order valence-electron chi connectivity index (χ0n) is 9.03. The molecule has 1 aromatic carbocycles. The average Bonchev–Trinajstić information content (AvgIpc) is 2.28. The molecule has 0 bridgehead atoms. The number of pyridine rings is 1. The average molecular weight is 220 g/mol. The minimum absolute atomic E-state index is 0.279. The van der Waals surface area contributed by atoms with Crippen LogP contribution in [-0.2, 0) is 11.2 Å². The first-order valence-corrected chi connectivity index (χ1v) is 5.04. The minimum atomic E-state index is -0.279. The Bertz CT molecular complexity index is 508. The van der Waals surface area contributed by atoms with E-state index >= 15 is 0 Å². The Labute approximate surface area is 93.0 Å². The third-order valence-corrected chi connectivity index (χ3v) is 2.53. The summed E-state index contributed by atoms with van der Waals surface area (Å²) in [5, 5.41) is 0.761. The van der Waals surface area contributed by atoms with Crippen molar-refractivity contribution in [1.82, 2.24) is 4.98 Å². The van der Waals surface area contributed by atoms with Crippen LogP contribution in [0.5, 0.6) is 0 Å². The summed E-state index contributed by atoms with van der Waals surface area (Å²) in [5.41, 5.74) is 8.06. The van der Waals surface area contributed by atoms with Crippen LogP contribution >= 0.6 is 0 Å². The number of fused-ring (bicyclic) bond motifs is 1. The molecule has 2 aromatic rings. The highest BCUT2D eigenvalue weighted by molar-refractivity contribution is 5.86. The Hall–Kier alpha value is -1.68. The minimum Gasteiger partial charge on any atom is -0.397 e. The standard InChI is InChI=1S/C12H13FN2O/c1-16-5-4-9-10-6-8(13)2-3-12(10)15-7-11(9)14/h2-3,6-7H,4-5,14H2,1H3. The van der Waals surface area contributed by atoms with E-state index in [4.69, 9.17) is 10.5 Å². The molecule has 0 aliphatic carbocycles. The number of nitrogens with two attached hydrogens (primary N) is 1. The van der Waals surface area contributed by atoms with Gasteiger partial charge < -0.3 is 10.5 Å². The first kappa shape index (κ1) is 10.8. The molecule has 0 aliphatic rings. The van der Waals surface area contributed by atoms with Crippen molar-refractivity contribution in [3.8, 4) is 0 Å². The van der Waals surface area contributed by atoms with Gasteiger partial charge in [0.05, 0.1) is 24.0 Å². The fourth-order valence-corrected chi connectivity index (χ4v) is 1.72. The number of hydrogen-bond acceptors (Lipinski definition) is 3. The maximum Gasteiger partial charge on any atom is 0.123 e. The van der Waals surface area contributed by atoms with Gasteiger partial charge in [-0.05, 0) is 30.2 Å². The number of nitrogens with zero attached hydrogens (tertiary/aromatic N) is 1. The second-order valence-electron chi connectivity index (χ2n) is 3.60. The Morgan fingerprint density at radius 2 is 2.25 bits per heavy atom. The Morgan fingerprint density at radius 1 is 1.44 bits per heavy atom. The van der Waals surface area contributed by atoms with Gasteiger partial charge in [-0.2, -0.15) is 0 Å². The summed E-state index contributed by atoms with van der Waals surface area (Å²) in [6.45, 7) is 0.555. The molecule has 0 saturated heterocycles. The lowest BCUT2D eigenvalue weighted by atomic mass is 10.0. The number of methoxy groups -OCH3 is 1. The number of aromatic nitrogens is 1. The summed E-state index contributed by atoms with van der Waals surface area (Å²) < 4.78 is 18.2. The highest BCUT2D eigenvalue weighted by Gasteiger charge is 2.07. The molecule has 0 atom stereocenters. The Morgan fingerprint density at radius 3 is 3.00 bits per heavy atom. The van der Waals surface area contributed by atoms with E-state index in [0.717, 1.165) is 16.5 Å². The first-order valence-electron chi connectivity index (χ1n) is 5.04. The van der Waals surface area contributed by atoms with Crippen LogP contribution in [0.2, 0.25) is 0 Å². The summed E-state index contributed by atoms with van der Waals surface area (Å²) in [5.74, 6) is -0.279. The predicted molar refractivity (Wildman–Crippen MR) is 61.7 cm³/mol. The van der Waals surface area contributed by atoms with Crippen LogP contribution in [0.1, 0.15) is 5.56 Å². The molecule has 84 valence electrons. The van der Waals surface area contributed by atoms with E-state index in [-0.39, 0.29) is 5.82 Å². The van der Waals surface area contributed by atoms with Gasteiger partial charge in [-0.1, -0.05) is 0 Å². The summed E-state index contributed by atoms with van der Waals surface area (Å²) in [7, 11) is 1.63. The summed E-state index contributed by atoms with van der Waals surface area (Å²) in [6.07, 6.45) is 2.26. The van der Waals surface area contributed by atoms with E-state index < -0.39 is 0 Å². The fraction of sp³-hybridized carbons (Fsp3) is 0.250. The van der Waals surface area contributed by atoms with Crippen molar-refractivity contribution in [1.29, 1.82) is 0 Å². The molecule has 1 heterocycles. The van der Waals surface area contributed by atoms with Crippen molar-refractivity contribution in [2.24, 2.45) is 0 Å². The van der Waals surface area contributed by atoms with Gasteiger partial charge in [-0.3, -0.25) is 4.98 Å². The van der Waals surface area contributed by atoms with Crippen molar-refractivity contribution < 1.29 is 9.13 Å². The molecule has 0 unspecified atom stereocenters. The quantitative estimate of drug-likeness (QED) is 0.862. The molecule has 0 amide bonds. The Balaban J connectivity index is 2.58. The molecule has 2 rings (SSSR count). The van der Waals surface area contributed by atoms with Gasteiger partial charge in [0, 0.05) is 12.5 Å². The Kier molecular flexibility index (Phi) is 3.01. The van der Waals surface area contributed by atoms with E-state index in [9.17, 15) is 4.39 Å². The third kappa shape index (κ3) is 1.97. The van der Waals surface area contributed by atoms with E-state index in [1.165, 1.54) is 12.1 Å². The molecule has 16 heavy (non-hydrogen) atoms. The zero-order valence-corrected chi connectivity index (χ0v) is 9.03. The third-order valence-electron chi connectivity index (χ3n) is 2.53. The van der Waals surface area contributed by atoms with E-state index in [0.29, 0.717) is 18.7 Å². The van der Waals surface area contributed by atoms with Crippen LogP contribution in [-0.4, -0.2) is 18.7 Å². The topological polar surface area (TPSA) is 48.1 Å². The fourth-order valence-electron chi connectivity index (χ4n) is 1.72. The highest BCUT2D eigenvalue weighted by atomic mass is 19.1. The number of ether oxygens (including phenoxy) is 1. The van der Waals surface area contributed by atoms with Crippen LogP contribution in [0.3, 0.4) is 0 Å². The lowest BCUT2D eigenvalue weighted by Crippen LogP contribution is -2.02. The van der Waals surface area contributed by atoms with Gasteiger partial charge in [-0.15, -0.1) is 0 Å². The monoisotopic (exact) mass is 220 g/mol. The van der Waals surface area contributed by atoms with Gasteiger partial charge in [0.2, 0.25) is 0 Å². The van der Waals surface area contributed by atoms with Gasteiger partial charge >= 0.3 is 0 Å². The SMILES string of the molecule is COCCc1c(N)cnc2ccc(F)cc12. The van der Waals surface area contributed by atoms with E-state index in [1.54, 1.807) is 19.4 Å². The molecule has 4 heteroatoms. The smallest absolute Gasteiger partial charge is 0.123 e. The lowest BCUT2D eigenvalue weighted by molar-refractivity contribution is 0.202. The predicted octanol–water partition coefficient (Wildman–Crippen LogP) is 2.15. The largest absolute Gasteiger partial charge is 0.397 e.